The lowest BCUT2D eigenvalue weighted by Crippen LogP contribution is -2.27. The molecular weight excluding hydrogens is 262 g/mol. The second-order valence-electron chi connectivity index (χ2n) is 4.48. The number of rotatable bonds is 2. The van der Waals surface area contributed by atoms with Gasteiger partial charge in [-0.25, -0.2) is 4.79 Å². The van der Waals surface area contributed by atoms with Crippen molar-refractivity contribution in [1.29, 1.82) is 0 Å². The van der Waals surface area contributed by atoms with Crippen molar-refractivity contribution in [1.82, 2.24) is 0 Å². The fourth-order valence-corrected chi connectivity index (χ4v) is 2.27. The number of thiophene rings is 1. The van der Waals surface area contributed by atoms with Gasteiger partial charge in [0.25, 0.3) is 0 Å². The van der Waals surface area contributed by atoms with Gasteiger partial charge in [-0.15, -0.1) is 11.3 Å². The molecule has 0 aliphatic rings. The highest BCUT2D eigenvalue weighted by Gasteiger charge is 2.19. The lowest BCUT2D eigenvalue weighted by Gasteiger charge is -2.19. The molecule has 1 amide bonds. The molecule has 0 spiro atoms. The van der Waals surface area contributed by atoms with Gasteiger partial charge in [-0.2, -0.15) is 0 Å². The largest absolute Gasteiger partial charge is 0.444 e. The van der Waals surface area contributed by atoms with Crippen LogP contribution >= 0.6 is 22.9 Å². The van der Waals surface area contributed by atoms with Crippen molar-refractivity contribution in [3.05, 3.63) is 16.0 Å². The molecule has 0 fully saturated rings. The van der Waals surface area contributed by atoms with Crippen molar-refractivity contribution in [3.8, 4) is 0 Å². The van der Waals surface area contributed by atoms with Gasteiger partial charge in [0.15, 0.2) is 5.78 Å². The first kappa shape index (κ1) is 14.0. The average Bonchev–Trinajstić information content (AvgIpc) is 2.42. The van der Waals surface area contributed by atoms with Crippen LogP contribution in [-0.4, -0.2) is 17.5 Å². The van der Waals surface area contributed by atoms with Gasteiger partial charge in [-0.1, -0.05) is 11.6 Å². The van der Waals surface area contributed by atoms with Crippen LogP contribution in [0.25, 0.3) is 0 Å². The van der Waals surface area contributed by atoms with E-state index in [9.17, 15) is 9.59 Å². The Hall–Kier alpha value is -1.07. The third-order valence-corrected chi connectivity index (χ3v) is 2.88. The second-order valence-corrected chi connectivity index (χ2v) is 6.16. The number of Topliss-reactive ketones (excluding diaryl/α,β-unsaturated/α-hetero) is 1. The molecule has 17 heavy (non-hydrogen) atoms. The van der Waals surface area contributed by atoms with Gasteiger partial charge in [0, 0.05) is 0 Å². The fourth-order valence-electron chi connectivity index (χ4n) is 1.11. The molecule has 0 aliphatic carbocycles. The predicted molar refractivity (Wildman–Crippen MR) is 69.2 cm³/mol. The summed E-state index contributed by atoms with van der Waals surface area (Å²) in [5.74, 6) is -0.154. The molecule has 1 aromatic heterocycles. The lowest BCUT2D eigenvalue weighted by molar-refractivity contribution is 0.0636. The summed E-state index contributed by atoms with van der Waals surface area (Å²) < 4.78 is 5.53. The van der Waals surface area contributed by atoms with Gasteiger partial charge in [-0.3, -0.25) is 10.1 Å². The summed E-state index contributed by atoms with van der Waals surface area (Å²) in [5, 5.41) is 2.93. The van der Waals surface area contributed by atoms with E-state index in [1.807, 2.05) is 0 Å². The van der Waals surface area contributed by atoms with Crippen LogP contribution in [0.15, 0.2) is 6.07 Å². The summed E-state index contributed by atoms with van der Waals surface area (Å²) in [6.45, 7) is 6.71. The lowest BCUT2D eigenvalue weighted by atomic mass is 10.2. The van der Waals surface area contributed by atoms with Crippen molar-refractivity contribution in [2.45, 2.75) is 33.3 Å². The van der Waals surface area contributed by atoms with Crippen LogP contribution in [0.3, 0.4) is 0 Å². The minimum atomic E-state index is -0.599. The number of hydrogen-bond acceptors (Lipinski definition) is 4. The van der Waals surface area contributed by atoms with Gasteiger partial charge in [0.1, 0.15) is 10.6 Å². The Morgan fingerprint density at radius 2 is 2.00 bits per heavy atom. The van der Waals surface area contributed by atoms with Crippen molar-refractivity contribution in [3.63, 3.8) is 0 Å². The van der Waals surface area contributed by atoms with E-state index in [4.69, 9.17) is 16.3 Å². The van der Waals surface area contributed by atoms with Gasteiger partial charge in [0.05, 0.1) is 9.90 Å². The maximum absolute atomic E-state index is 11.5. The summed E-state index contributed by atoms with van der Waals surface area (Å²) in [7, 11) is 0. The summed E-state index contributed by atoms with van der Waals surface area (Å²) in [6.07, 6.45) is -0.599. The Morgan fingerprint density at radius 3 is 2.47 bits per heavy atom. The number of ether oxygens (including phenoxy) is 1. The van der Waals surface area contributed by atoms with Gasteiger partial charge < -0.3 is 4.74 Å². The van der Waals surface area contributed by atoms with E-state index in [-0.39, 0.29) is 5.78 Å². The molecule has 0 unspecified atom stereocenters. The highest BCUT2D eigenvalue weighted by Crippen LogP contribution is 2.32. The number of hydrogen-bond donors (Lipinski definition) is 1. The van der Waals surface area contributed by atoms with Crippen LogP contribution < -0.4 is 5.32 Å². The second kappa shape index (κ2) is 5.06. The zero-order valence-corrected chi connectivity index (χ0v) is 11.7. The number of anilines is 1. The first-order valence-corrected chi connectivity index (χ1v) is 6.19. The average molecular weight is 276 g/mol. The van der Waals surface area contributed by atoms with Gasteiger partial charge in [0.2, 0.25) is 0 Å². The Morgan fingerprint density at radius 1 is 1.41 bits per heavy atom. The molecule has 0 aromatic carbocycles. The molecule has 0 aliphatic heterocycles. The van der Waals surface area contributed by atoms with E-state index in [0.717, 1.165) is 11.3 Å². The first-order valence-electron chi connectivity index (χ1n) is 4.99. The van der Waals surface area contributed by atoms with Crippen LogP contribution in [0.2, 0.25) is 4.34 Å². The Bertz CT molecular complexity index is 448. The van der Waals surface area contributed by atoms with E-state index >= 15 is 0 Å². The van der Waals surface area contributed by atoms with Crippen LogP contribution in [0.4, 0.5) is 9.80 Å². The molecule has 1 N–H and O–H groups in total. The molecule has 1 heterocycles. The van der Waals surface area contributed by atoms with E-state index in [0.29, 0.717) is 14.9 Å². The quantitative estimate of drug-likeness (QED) is 0.832. The molecule has 1 aromatic rings. The topological polar surface area (TPSA) is 55.4 Å². The van der Waals surface area contributed by atoms with Gasteiger partial charge >= 0.3 is 6.09 Å². The Balaban J connectivity index is 2.81. The fraction of sp³-hybridized carbons (Fsp3) is 0.455. The van der Waals surface area contributed by atoms with Crippen molar-refractivity contribution >= 4 is 39.8 Å². The molecule has 1 rings (SSSR count). The van der Waals surface area contributed by atoms with E-state index in [1.165, 1.54) is 13.0 Å². The Labute approximate surface area is 109 Å². The van der Waals surface area contributed by atoms with Crippen molar-refractivity contribution in [2.75, 3.05) is 5.32 Å². The summed E-state index contributed by atoms with van der Waals surface area (Å²) in [5.41, 5.74) is -0.188. The molecule has 4 nitrogen and oxygen atoms in total. The van der Waals surface area contributed by atoms with Crippen molar-refractivity contribution < 1.29 is 14.3 Å². The molecular formula is C11H14ClNO3S. The van der Waals surface area contributed by atoms with Crippen LogP contribution in [0.1, 0.15) is 38.1 Å². The monoisotopic (exact) mass is 275 g/mol. The number of ketones is 1. The molecule has 0 atom stereocenters. The zero-order valence-electron chi connectivity index (χ0n) is 10.1. The van der Waals surface area contributed by atoms with Crippen molar-refractivity contribution in [2.24, 2.45) is 0 Å². The zero-order chi connectivity index (χ0) is 13.2. The van der Waals surface area contributed by atoms with E-state index in [2.05, 4.69) is 5.32 Å². The van der Waals surface area contributed by atoms with E-state index in [1.54, 1.807) is 20.8 Å². The number of carbonyl (C=O) groups is 2. The third-order valence-electron chi connectivity index (χ3n) is 1.70. The predicted octanol–water partition coefficient (Wildman–Crippen LogP) is 3.95. The Kier molecular flexibility index (Phi) is 4.16. The minimum absolute atomic E-state index is 0.154. The number of halogens is 1. The highest BCUT2D eigenvalue weighted by atomic mass is 35.5. The number of carbonyl (C=O) groups excluding carboxylic acids is 2. The van der Waals surface area contributed by atoms with Crippen LogP contribution in [-0.2, 0) is 4.74 Å². The molecule has 0 radical (unpaired) electrons. The molecule has 6 heteroatoms. The highest BCUT2D eigenvalue weighted by molar-refractivity contribution is 7.20. The molecule has 94 valence electrons. The SMILES string of the molecule is CC(=O)c1cc(Cl)sc1NC(=O)OC(C)(C)C. The molecule has 0 bridgehead atoms. The smallest absolute Gasteiger partial charge is 0.412 e. The minimum Gasteiger partial charge on any atom is -0.444 e. The third kappa shape index (κ3) is 4.36. The standard InChI is InChI=1S/C11H14ClNO3S/c1-6(14)7-5-8(12)17-9(7)13-10(15)16-11(2,3)4/h5H,1-4H3,(H,13,15). The summed E-state index contributed by atoms with van der Waals surface area (Å²) >= 11 is 6.93. The van der Waals surface area contributed by atoms with Gasteiger partial charge in [-0.05, 0) is 33.8 Å². The molecule has 0 saturated carbocycles. The summed E-state index contributed by atoms with van der Waals surface area (Å²) in [4.78, 5) is 22.8. The summed E-state index contributed by atoms with van der Waals surface area (Å²) in [6, 6.07) is 1.53. The maximum Gasteiger partial charge on any atom is 0.412 e. The maximum atomic E-state index is 11.5. The normalized spacial score (nSPS) is 11.1. The number of amides is 1. The van der Waals surface area contributed by atoms with E-state index < -0.39 is 11.7 Å². The molecule has 0 saturated heterocycles. The number of nitrogens with one attached hydrogen (secondary N) is 1. The van der Waals surface area contributed by atoms with Crippen LogP contribution in [0.5, 0.6) is 0 Å². The first-order chi connectivity index (χ1) is 7.69. The van der Waals surface area contributed by atoms with Crippen LogP contribution in [0, 0.1) is 0 Å².